The first-order chi connectivity index (χ1) is 12.2. The molecule has 3 rings (SSSR count). The molecular formula is C18H15F3N4O. The van der Waals surface area contributed by atoms with Crippen molar-refractivity contribution >= 4 is 17.3 Å². The van der Waals surface area contributed by atoms with Crippen LogP contribution < -0.4 is 11.1 Å². The molecule has 1 aromatic heterocycles. The van der Waals surface area contributed by atoms with Crippen LogP contribution in [0.15, 0.2) is 55.0 Å². The van der Waals surface area contributed by atoms with Crippen molar-refractivity contribution in [3.05, 3.63) is 71.8 Å². The maximum Gasteiger partial charge on any atom is 0.416 e. The molecule has 5 nitrogen and oxygen atoms in total. The molecule has 2 aromatic carbocycles. The van der Waals surface area contributed by atoms with Crippen LogP contribution in [0.2, 0.25) is 0 Å². The summed E-state index contributed by atoms with van der Waals surface area (Å²) in [6, 6.07) is 9.64. The van der Waals surface area contributed by atoms with Crippen LogP contribution in [0.1, 0.15) is 21.6 Å². The van der Waals surface area contributed by atoms with Gasteiger partial charge in [0.1, 0.15) is 0 Å². The summed E-state index contributed by atoms with van der Waals surface area (Å²) >= 11 is 0. The summed E-state index contributed by atoms with van der Waals surface area (Å²) in [5.74, 6) is -0.588. The number of rotatable bonds is 3. The first-order valence-corrected chi connectivity index (χ1v) is 7.63. The highest BCUT2D eigenvalue weighted by atomic mass is 19.4. The summed E-state index contributed by atoms with van der Waals surface area (Å²) in [7, 11) is 0. The lowest BCUT2D eigenvalue weighted by atomic mass is 10.1. The number of nitrogens with one attached hydrogen (secondary N) is 1. The molecule has 0 spiro atoms. The van der Waals surface area contributed by atoms with Crippen LogP contribution in [0.5, 0.6) is 0 Å². The number of imidazole rings is 1. The third kappa shape index (κ3) is 3.69. The second kappa shape index (κ2) is 6.55. The number of hydrogen-bond acceptors (Lipinski definition) is 3. The molecular weight excluding hydrogens is 345 g/mol. The SMILES string of the molecule is Cc1cn(-c2cc(NC(=O)c3ccccc3N)cc(C(F)(F)F)c2)cn1. The molecule has 3 N–H and O–H groups in total. The molecule has 134 valence electrons. The Hall–Kier alpha value is -3.29. The Bertz CT molecular complexity index is 963. The number of hydrogen-bond donors (Lipinski definition) is 2. The van der Waals surface area contributed by atoms with Crippen molar-refractivity contribution in [1.82, 2.24) is 9.55 Å². The summed E-state index contributed by atoms with van der Waals surface area (Å²) in [5.41, 5.74) is 6.19. The highest BCUT2D eigenvalue weighted by Gasteiger charge is 2.31. The maximum atomic E-state index is 13.2. The fourth-order valence-electron chi connectivity index (χ4n) is 2.46. The zero-order valence-corrected chi connectivity index (χ0v) is 13.7. The van der Waals surface area contributed by atoms with Gasteiger partial charge in [0, 0.05) is 23.3 Å². The number of nitrogens with two attached hydrogens (primary N) is 1. The van der Waals surface area contributed by atoms with Crippen molar-refractivity contribution in [1.29, 1.82) is 0 Å². The van der Waals surface area contributed by atoms with Crippen LogP contribution in [-0.4, -0.2) is 15.5 Å². The van der Waals surface area contributed by atoms with Crippen molar-refractivity contribution in [2.45, 2.75) is 13.1 Å². The lowest BCUT2D eigenvalue weighted by Crippen LogP contribution is -2.15. The van der Waals surface area contributed by atoms with Gasteiger partial charge < -0.3 is 15.6 Å². The van der Waals surface area contributed by atoms with E-state index in [0.717, 1.165) is 12.1 Å². The van der Waals surface area contributed by atoms with Gasteiger partial charge in [-0.2, -0.15) is 13.2 Å². The zero-order chi connectivity index (χ0) is 18.9. The lowest BCUT2D eigenvalue weighted by Gasteiger charge is -2.14. The lowest BCUT2D eigenvalue weighted by molar-refractivity contribution is -0.137. The van der Waals surface area contributed by atoms with Gasteiger partial charge in [-0.15, -0.1) is 0 Å². The molecule has 1 amide bonds. The van der Waals surface area contributed by atoms with E-state index in [1.165, 1.54) is 23.0 Å². The normalized spacial score (nSPS) is 11.4. The third-order valence-electron chi connectivity index (χ3n) is 3.72. The number of alkyl halides is 3. The molecule has 0 unspecified atom stereocenters. The van der Waals surface area contributed by atoms with Crippen LogP contribution in [-0.2, 0) is 6.18 Å². The number of anilines is 2. The molecule has 0 saturated carbocycles. The summed E-state index contributed by atoms with van der Waals surface area (Å²) in [4.78, 5) is 16.4. The van der Waals surface area contributed by atoms with E-state index >= 15 is 0 Å². The number of halogens is 3. The van der Waals surface area contributed by atoms with Crippen molar-refractivity contribution in [2.24, 2.45) is 0 Å². The minimum Gasteiger partial charge on any atom is -0.398 e. The largest absolute Gasteiger partial charge is 0.416 e. The van der Waals surface area contributed by atoms with Crippen molar-refractivity contribution < 1.29 is 18.0 Å². The molecule has 0 aliphatic carbocycles. The van der Waals surface area contributed by atoms with Crippen LogP contribution in [0, 0.1) is 6.92 Å². The predicted molar refractivity (Wildman–Crippen MR) is 92.1 cm³/mol. The fraction of sp³-hybridized carbons (Fsp3) is 0.111. The quantitative estimate of drug-likeness (QED) is 0.693. The Kier molecular flexibility index (Phi) is 4.41. The van der Waals surface area contributed by atoms with Crippen LogP contribution in [0.25, 0.3) is 5.69 Å². The van der Waals surface area contributed by atoms with Gasteiger partial charge in [-0.05, 0) is 37.3 Å². The van der Waals surface area contributed by atoms with Crippen molar-refractivity contribution in [3.8, 4) is 5.69 Å². The molecule has 0 radical (unpaired) electrons. The van der Waals surface area contributed by atoms with E-state index in [0.29, 0.717) is 5.69 Å². The van der Waals surface area contributed by atoms with Gasteiger partial charge >= 0.3 is 6.18 Å². The number of para-hydroxylation sites is 1. The fourth-order valence-corrected chi connectivity index (χ4v) is 2.46. The van der Waals surface area contributed by atoms with Gasteiger partial charge in [-0.3, -0.25) is 4.79 Å². The van der Waals surface area contributed by atoms with Crippen LogP contribution in [0.4, 0.5) is 24.5 Å². The minimum absolute atomic E-state index is 0.00873. The van der Waals surface area contributed by atoms with Crippen LogP contribution in [0.3, 0.4) is 0 Å². The van der Waals surface area contributed by atoms with Crippen LogP contribution >= 0.6 is 0 Å². The Morgan fingerprint density at radius 2 is 1.92 bits per heavy atom. The van der Waals surface area contributed by atoms with Gasteiger partial charge in [-0.1, -0.05) is 12.1 Å². The Labute approximate surface area is 147 Å². The number of carbonyl (C=O) groups is 1. The van der Waals surface area contributed by atoms with Gasteiger partial charge in [-0.25, -0.2) is 4.98 Å². The summed E-state index contributed by atoms with van der Waals surface area (Å²) in [6.45, 7) is 1.73. The molecule has 0 bridgehead atoms. The standard InChI is InChI=1S/C18H15F3N4O/c1-11-9-25(10-23-11)14-7-12(18(19,20)21)6-13(8-14)24-17(26)15-4-2-3-5-16(15)22/h2-10H,22H2,1H3,(H,24,26). The number of carbonyl (C=O) groups excluding carboxylic acids is 1. The number of benzene rings is 2. The molecule has 0 aliphatic heterocycles. The topological polar surface area (TPSA) is 72.9 Å². The average molecular weight is 360 g/mol. The van der Waals surface area contributed by atoms with E-state index in [9.17, 15) is 18.0 Å². The maximum absolute atomic E-state index is 13.2. The first-order valence-electron chi connectivity index (χ1n) is 7.63. The Morgan fingerprint density at radius 1 is 1.19 bits per heavy atom. The number of amides is 1. The van der Waals surface area contributed by atoms with Gasteiger partial charge in [0.15, 0.2) is 0 Å². The van der Waals surface area contributed by atoms with E-state index < -0.39 is 17.6 Å². The highest BCUT2D eigenvalue weighted by Crippen LogP contribution is 2.33. The van der Waals surface area contributed by atoms with E-state index in [2.05, 4.69) is 10.3 Å². The molecule has 0 saturated heterocycles. The Morgan fingerprint density at radius 3 is 2.54 bits per heavy atom. The van der Waals surface area contributed by atoms with Gasteiger partial charge in [0.2, 0.25) is 0 Å². The highest BCUT2D eigenvalue weighted by molar-refractivity contribution is 6.07. The minimum atomic E-state index is -4.56. The van der Waals surface area contributed by atoms with Crippen molar-refractivity contribution in [3.63, 3.8) is 0 Å². The van der Waals surface area contributed by atoms with E-state index in [1.807, 2.05) is 0 Å². The summed E-state index contributed by atoms with van der Waals surface area (Å²) in [5, 5.41) is 2.48. The number of nitrogens with zero attached hydrogens (tertiary/aromatic N) is 2. The number of aromatic nitrogens is 2. The summed E-state index contributed by atoms with van der Waals surface area (Å²) in [6.07, 6.45) is -1.56. The molecule has 0 aliphatic rings. The monoisotopic (exact) mass is 360 g/mol. The third-order valence-corrected chi connectivity index (χ3v) is 3.72. The van der Waals surface area contributed by atoms with E-state index in [-0.39, 0.29) is 22.6 Å². The number of aryl methyl sites for hydroxylation is 1. The molecule has 26 heavy (non-hydrogen) atoms. The number of nitrogen functional groups attached to an aromatic ring is 1. The molecule has 0 fully saturated rings. The molecule has 8 heteroatoms. The average Bonchev–Trinajstić information content (AvgIpc) is 3.00. The smallest absolute Gasteiger partial charge is 0.398 e. The van der Waals surface area contributed by atoms with Crippen molar-refractivity contribution in [2.75, 3.05) is 11.1 Å². The Balaban J connectivity index is 2.01. The van der Waals surface area contributed by atoms with E-state index in [4.69, 9.17) is 5.73 Å². The predicted octanol–water partition coefficient (Wildman–Crippen LogP) is 4.03. The second-order valence-corrected chi connectivity index (χ2v) is 5.73. The second-order valence-electron chi connectivity index (χ2n) is 5.73. The van der Waals surface area contributed by atoms with Gasteiger partial charge in [0.05, 0.1) is 23.1 Å². The molecule has 1 heterocycles. The molecule has 0 atom stereocenters. The van der Waals surface area contributed by atoms with E-state index in [1.54, 1.807) is 31.3 Å². The zero-order valence-electron chi connectivity index (χ0n) is 13.7. The summed E-state index contributed by atoms with van der Waals surface area (Å²) < 4.78 is 41.2. The van der Waals surface area contributed by atoms with Gasteiger partial charge in [0.25, 0.3) is 5.91 Å². The first kappa shape index (κ1) is 17.5. The molecule has 3 aromatic rings.